The number of carbonyl (C=O) groups is 2. The van der Waals surface area contributed by atoms with E-state index in [1.165, 1.54) is 0 Å². The van der Waals surface area contributed by atoms with Gasteiger partial charge in [-0.1, -0.05) is 41.7 Å². The Kier molecular flexibility index (Phi) is 6.11. The highest BCUT2D eigenvalue weighted by Crippen LogP contribution is 2.14. The van der Waals surface area contributed by atoms with Crippen molar-refractivity contribution in [1.29, 1.82) is 0 Å². The molecule has 0 unspecified atom stereocenters. The maximum absolute atomic E-state index is 12.1. The van der Waals surface area contributed by atoms with Crippen molar-refractivity contribution in [3.63, 3.8) is 0 Å². The van der Waals surface area contributed by atoms with Gasteiger partial charge < -0.3 is 15.4 Å². The van der Waals surface area contributed by atoms with E-state index >= 15 is 0 Å². The highest BCUT2D eigenvalue weighted by molar-refractivity contribution is 7.13. The van der Waals surface area contributed by atoms with Crippen LogP contribution in [0.3, 0.4) is 0 Å². The van der Waals surface area contributed by atoms with E-state index in [4.69, 9.17) is 4.74 Å². The summed E-state index contributed by atoms with van der Waals surface area (Å²) in [4.78, 5) is 24.0. The molecule has 0 radical (unpaired) electrons. The second kappa shape index (κ2) is 8.91. The van der Waals surface area contributed by atoms with Gasteiger partial charge in [0.1, 0.15) is 10.8 Å². The van der Waals surface area contributed by atoms with Crippen molar-refractivity contribution in [2.45, 2.75) is 13.5 Å². The molecule has 0 saturated heterocycles. The highest BCUT2D eigenvalue weighted by Gasteiger charge is 2.13. The van der Waals surface area contributed by atoms with E-state index in [-0.39, 0.29) is 30.0 Å². The molecule has 27 heavy (non-hydrogen) atoms. The molecule has 138 valence electrons. The molecule has 0 bridgehead atoms. The zero-order valence-electron chi connectivity index (χ0n) is 14.6. The van der Waals surface area contributed by atoms with E-state index in [2.05, 4.69) is 20.8 Å². The molecule has 0 saturated carbocycles. The van der Waals surface area contributed by atoms with Gasteiger partial charge in [-0.15, -0.1) is 10.2 Å². The number of carbonyl (C=O) groups excluding carboxylic acids is 2. The molecule has 3 rings (SSSR count). The van der Waals surface area contributed by atoms with Crippen molar-refractivity contribution in [3.05, 3.63) is 70.2 Å². The minimum Gasteiger partial charge on any atom is -0.484 e. The molecule has 0 aliphatic carbocycles. The molecule has 0 aliphatic heterocycles. The number of benzene rings is 2. The van der Waals surface area contributed by atoms with Gasteiger partial charge >= 0.3 is 0 Å². The minimum atomic E-state index is -0.334. The van der Waals surface area contributed by atoms with Crippen LogP contribution < -0.4 is 15.4 Å². The quantitative estimate of drug-likeness (QED) is 0.655. The molecule has 0 atom stereocenters. The van der Waals surface area contributed by atoms with Gasteiger partial charge in [-0.05, 0) is 36.8 Å². The van der Waals surface area contributed by atoms with Crippen molar-refractivity contribution >= 4 is 28.8 Å². The Morgan fingerprint density at radius 3 is 2.67 bits per heavy atom. The number of rotatable bonds is 7. The largest absolute Gasteiger partial charge is 0.484 e. The molecule has 2 amide bonds. The third-order valence-electron chi connectivity index (χ3n) is 3.49. The van der Waals surface area contributed by atoms with Crippen LogP contribution in [0.2, 0.25) is 0 Å². The summed E-state index contributed by atoms with van der Waals surface area (Å²) in [6.07, 6.45) is 0. The van der Waals surface area contributed by atoms with Gasteiger partial charge in [0.25, 0.3) is 11.8 Å². The fraction of sp³-hybridized carbons (Fsp3) is 0.158. The standard InChI is InChI=1S/C19H18N4O3S/c1-13-6-5-9-15(10-13)26-12-16(24)20-11-17-22-23-19(27-17)18(25)21-14-7-3-2-4-8-14/h2-10H,11-12H2,1H3,(H,20,24)(H,21,25). The maximum atomic E-state index is 12.1. The van der Waals surface area contributed by atoms with E-state index in [1.54, 1.807) is 18.2 Å². The first-order chi connectivity index (χ1) is 13.1. The summed E-state index contributed by atoms with van der Waals surface area (Å²) in [5, 5.41) is 14.0. The molecular formula is C19H18N4O3S. The third kappa shape index (κ3) is 5.61. The number of ether oxygens (including phenoxy) is 1. The molecule has 8 heteroatoms. The lowest BCUT2D eigenvalue weighted by molar-refractivity contribution is -0.123. The Morgan fingerprint density at radius 1 is 1.07 bits per heavy atom. The number of aromatic nitrogens is 2. The van der Waals surface area contributed by atoms with Crippen LogP contribution in [0.15, 0.2) is 54.6 Å². The van der Waals surface area contributed by atoms with Crippen molar-refractivity contribution in [1.82, 2.24) is 15.5 Å². The molecule has 2 N–H and O–H groups in total. The SMILES string of the molecule is Cc1cccc(OCC(=O)NCc2nnc(C(=O)Nc3ccccc3)s2)c1. The molecular weight excluding hydrogens is 364 g/mol. The molecule has 0 spiro atoms. The minimum absolute atomic E-state index is 0.0936. The highest BCUT2D eigenvalue weighted by atomic mass is 32.1. The number of hydrogen-bond acceptors (Lipinski definition) is 6. The van der Waals surface area contributed by atoms with Crippen LogP contribution in [0, 0.1) is 6.92 Å². The van der Waals surface area contributed by atoms with Gasteiger partial charge in [-0.2, -0.15) is 0 Å². The fourth-order valence-electron chi connectivity index (χ4n) is 2.20. The van der Waals surface area contributed by atoms with Crippen LogP contribution in [0.1, 0.15) is 20.4 Å². The van der Waals surface area contributed by atoms with E-state index in [9.17, 15) is 9.59 Å². The van der Waals surface area contributed by atoms with Crippen LogP contribution in [0.4, 0.5) is 5.69 Å². The van der Waals surface area contributed by atoms with Crippen LogP contribution in [-0.4, -0.2) is 28.6 Å². The Bertz CT molecular complexity index is 927. The normalized spacial score (nSPS) is 10.3. The molecule has 7 nitrogen and oxygen atoms in total. The van der Waals surface area contributed by atoms with Gasteiger partial charge in [0.05, 0.1) is 6.54 Å². The van der Waals surface area contributed by atoms with Gasteiger partial charge in [-0.3, -0.25) is 9.59 Å². The van der Waals surface area contributed by atoms with Gasteiger partial charge in [0.2, 0.25) is 5.01 Å². The number of aryl methyl sites for hydroxylation is 1. The third-order valence-corrected chi connectivity index (χ3v) is 4.41. The zero-order chi connectivity index (χ0) is 19.1. The summed E-state index contributed by atoms with van der Waals surface area (Å²) >= 11 is 1.13. The predicted molar refractivity (Wildman–Crippen MR) is 103 cm³/mol. The summed E-state index contributed by atoms with van der Waals surface area (Å²) in [5.41, 5.74) is 1.74. The Balaban J connectivity index is 1.46. The van der Waals surface area contributed by atoms with Crippen molar-refractivity contribution in [2.24, 2.45) is 0 Å². The molecule has 3 aromatic rings. The average Bonchev–Trinajstić information content (AvgIpc) is 3.15. The first kappa shape index (κ1) is 18.5. The molecule has 2 aromatic carbocycles. The number of amides is 2. The second-order valence-corrected chi connectivity index (χ2v) is 6.77. The summed E-state index contributed by atoms with van der Waals surface area (Å²) in [5.74, 6) is 0.0296. The molecule has 0 aliphatic rings. The zero-order valence-corrected chi connectivity index (χ0v) is 15.5. The number of nitrogens with one attached hydrogen (secondary N) is 2. The van der Waals surface area contributed by atoms with Crippen molar-refractivity contribution < 1.29 is 14.3 Å². The van der Waals surface area contributed by atoms with Crippen LogP contribution in [-0.2, 0) is 11.3 Å². The van der Waals surface area contributed by atoms with Gasteiger partial charge in [0, 0.05) is 5.69 Å². The Hall–Kier alpha value is -3.26. The number of hydrogen-bond donors (Lipinski definition) is 2. The lowest BCUT2D eigenvalue weighted by Crippen LogP contribution is -2.28. The lowest BCUT2D eigenvalue weighted by Gasteiger charge is -2.06. The van der Waals surface area contributed by atoms with Gasteiger partial charge in [0.15, 0.2) is 6.61 Å². The molecule has 0 fully saturated rings. The van der Waals surface area contributed by atoms with E-state index in [0.717, 1.165) is 16.9 Å². The van der Waals surface area contributed by atoms with Crippen LogP contribution >= 0.6 is 11.3 Å². The van der Waals surface area contributed by atoms with Crippen LogP contribution in [0.25, 0.3) is 0 Å². The smallest absolute Gasteiger partial charge is 0.286 e. The number of nitrogens with zero attached hydrogens (tertiary/aromatic N) is 2. The van der Waals surface area contributed by atoms with E-state index in [1.807, 2.05) is 43.3 Å². The first-order valence-electron chi connectivity index (χ1n) is 8.25. The lowest BCUT2D eigenvalue weighted by atomic mass is 10.2. The summed E-state index contributed by atoms with van der Waals surface area (Å²) in [7, 11) is 0. The molecule has 1 aromatic heterocycles. The summed E-state index contributed by atoms with van der Waals surface area (Å²) in [6, 6.07) is 16.6. The fourth-order valence-corrected chi connectivity index (χ4v) is 2.88. The van der Waals surface area contributed by atoms with Crippen molar-refractivity contribution in [3.8, 4) is 5.75 Å². The second-order valence-electron chi connectivity index (χ2n) is 5.70. The number of anilines is 1. The average molecular weight is 382 g/mol. The van der Waals surface area contributed by atoms with E-state index < -0.39 is 0 Å². The van der Waals surface area contributed by atoms with Crippen LogP contribution in [0.5, 0.6) is 5.75 Å². The Labute approximate surface area is 160 Å². The van der Waals surface area contributed by atoms with Gasteiger partial charge in [-0.25, -0.2) is 0 Å². The summed E-state index contributed by atoms with van der Waals surface area (Å²) in [6.45, 7) is 2.05. The maximum Gasteiger partial charge on any atom is 0.286 e. The monoisotopic (exact) mass is 382 g/mol. The summed E-state index contributed by atoms with van der Waals surface area (Å²) < 4.78 is 5.44. The predicted octanol–water partition coefficient (Wildman–Crippen LogP) is 2.79. The van der Waals surface area contributed by atoms with Crippen molar-refractivity contribution in [2.75, 3.05) is 11.9 Å². The molecule has 1 heterocycles. The first-order valence-corrected chi connectivity index (χ1v) is 9.07. The number of para-hydroxylation sites is 1. The topological polar surface area (TPSA) is 93.2 Å². The van der Waals surface area contributed by atoms with E-state index in [0.29, 0.717) is 16.4 Å². The Morgan fingerprint density at radius 2 is 1.89 bits per heavy atom.